The molecule has 4 saturated heterocycles. The van der Waals surface area contributed by atoms with E-state index in [1.165, 1.54) is 12.1 Å². The summed E-state index contributed by atoms with van der Waals surface area (Å²) in [6.07, 6.45) is -15.0. The van der Waals surface area contributed by atoms with Crippen molar-refractivity contribution in [3.05, 3.63) is 92.8 Å². The largest absolute Gasteiger partial charge is 0.490 e. The lowest BCUT2D eigenvalue weighted by Crippen LogP contribution is -2.58. The summed E-state index contributed by atoms with van der Waals surface area (Å²) >= 11 is 0. The number of carbonyl (C=O) groups excluding carboxylic acids is 2. The third-order valence-electron chi connectivity index (χ3n) is 11.2. The normalized spacial score (nSPS) is 29.9. The Morgan fingerprint density at radius 1 is 0.902 bits per heavy atom. The molecule has 10 atom stereocenters. The second-order valence-electron chi connectivity index (χ2n) is 15.3. The topological polar surface area (TPSA) is 266 Å². The quantitative estimate of drug-likeness (QED) is 0.111. The van der Waals surface area contributed by atoms with Crippen LogP contribution in [-0.4, -0.2) is 129 Å². The predicted octanol–water partition coefficient (Wildman–Crippen LogP) is -0.782. The number of fused-ring (bicyclic) bond motifs is 1. The molecular weight excluding hydrogens is 815 g/mol. The molecule has 3 aromatic rings. The molecule has 332 valence electrons. The summed E-state index contributed by atoms with van der Waals surface area (Å²) in [5.41, 5.74) is 11.1. The van der Waals surface area contributed by atoms with Gasteiger partial charge in [-0.25, -0.2) is 4.79 Å². The lowest BCUT2D eigenvalue weighted by atomic mass is 9.98. The number of amides is 2. The zero-order valence-corrected chi connectivity index (χ0v) is 32.6. The van der Waals surface area contributed by atoms with Crippen LogP contribution in [0.4, 0.5) is 18.9 Å². The van der Waals surface area contributed by atoms with Gasteiger partial charge in [-0.15, -0.1) is 0 Å². The molecule has 0 saturated carbocycles. The second kappa shape index (κ2) is 18.6. The third-order valence-corrected chi connectivity index (χ3v) is 11.2. The fraction of sp³-hybridized carbons (Fsp3) is 0.538. The number of nitrogens with zero attached hydrogens (tertiary/aromatic N) is 3. The summed E-state index contributed by atoms with van der Waals surface area (Å²) in [5, 5.41) is 37.1. The molecule has 7 rings (SSSR count). The van der Waals surface area contributed by atoms with Gasteiger partial charge in [-0.1, -0.05) is 12.1 Å². The molecule has 2 aromatic carbocycles. The molecule has 0 unspecified atom stereocenters. The number of H-pyrrole nitrogens is 1. The van der Waals surface area contributed by atoms with Crippen LogP contribution in [0.2, 0.25) is 0 Å². The third kappa shape index (κ3) is 9.92. The van der Waals surface area contributed by atoms with Gasteiger partial charge in [0.05, 0.1) is 5.56 Å². The summed E-state index contributed by atoms with van der Waals surface area (Å²) in [6, 6.07) is 11.8. The minimum absolute atomic E-state index is 0.0323. The van der Waals surface area contributed by atoms with Gasteiger partial charge < -0.3 is 56.0 Å². The van der Waals surface area contributed by atoms with Gasteiger partial charge >= 0.3 is 11.9 Å². The van der Waals surface area contributed by atoms with E-state index in [9.17, 15) is 47.7 Å². The number of piperidine rings is 1. The van der Waals surface area contributed by atoms with Crippen molar-refractivity contribution >= 4 is 17.5 Å². The Morgan fingerprint density at radius 3 is 2.25 bits per heavy atom. The first-order valence-corrected chi connectivity index (χ1v) is 19.8. The number of carbonyl (C=O) groups is 2. The summed E-state index contributed by atoms with van der Waals surface area (Å²) in [7, 11) is 0. The highest BCUT2D eigenvalue weighted by molar-refractivity contribution is 5.80. The molecule has 0 aliphatic carbocycles. The monoisotopic (exact) mass is 863 g/mol. The highest BCUT2D eigenvalue weighted by atomic mass is 19.4. The van der Waals surface area contributed by atoms with Crippen molar-refractivity contribution in [1.82, 2.24) is 19.9 Å². The van der Waals surface area contributed by atoms with Crippen molar-refractivity contribution in [2.75, 3.05) is 31.1 Å². The summed E-state index contributed by atoms with van der Waals surface area (Å²) in [4.78, 5) is 60.6. The van der Waals surface area contributed by atoms with Crippen molar-refractivity contribution in [3.63, 3.8) is 0 Å². The van der Waals surface area contributed by atoms with Gasteiger partial charge in [-0.2, -0.15) is 18.2 Å². The lowest BCUT2D eigenvalue weighted by Gasteiger charge is -2.35. The summed E-state index contributed by atoms with van der Waals surface area (Å²) in [5.74, 6) is -0.941. The molecule has 4 fully saturated rings. The van der Waals surface area contributed by atoms with E-state index in [1.54, 1.807) is 0 Å². The van der Waals surface area contributed by atoms with Crippen LogP contribution in [0.25, 0.3) is 0 Å². The van der Waals surface area contributed by atoms with Crippen molar-refractivity contribution in [2.45, 2.75) is 106 Å². The van der Waals surface area contributed by atoms with Crippen molar-refractivity contribution in [2.24, 2.45) is 11.5 Å². The number of hydrogen-bond donors (Lipinski definition) is 7. The predicted molar refractivity (Wildman–Crippen MR) is 205 cm³/mol. The molecule has 1 aromatic heterocycles. The molecule has 4 aliphatic heterocycles. The molecule has 0 bridgehead atoms. The number of aliphatic hydroxyl groups excluding tert-OH is 3. The average Bonchev–Trinajstić information content (AvgIpc) is 3.62. The fourth-order valence-electron chi connectivity index (χ4n) is 7.96. The average molecular weight is 864 g/mol. The molecule has 5 heterocycles. The molecule has 19 nitrogen and oxygen atoms in total. The maximum absolute atomic E-state index is 13.1. The van der Waals surface area contributed by atoms with Crippen molar-refractivity contribution < 1.29 is 61.9 Å². The number of primary amides is 1. The van der Waals surface area contributed by atoms with Crippen LogP contribution in [0.15, 0.2) is 70.4 Å². The second-order valence-corrected chi connectivity index (χ2v) is 15.3. The summed E-state index contributed by atoms with van der Waals surface area (Å²) in [6.45, 7) is 1.34. The number of ether oxygens (including phenoxy) is 4. The number of nitrogens with two attached hydrogens (primary N) is 2. The van der Waals surface area contributed by atoms with Crippen molar-refractivity contribution in [3.8, 4) is 5.75 Å². The number of aliphatic hydroxyl groups is 3. The fourth-order valence-corrected chi connectivity index (χ4v) is 7.96. The molecule has 0 radical (unpaired) electrons. The van der Waals surface area contributed by atoms with Crippen LogP contribution in [0.3, 0.4) is 0 Å². The van der Waals surface area contributed by atoms with Crippen molar-refractivity contribution in [1.29, 1.82) is 0 Å². The Morgan fingerprint density at radius 2 is 1.61 bits per heavy atom. The number of hydroxylamine groups is 2. The molecule has 0 spiro atoms. The number of hydrogen-bond acceptors (Lipinski definition) is 15. The standard InChI is InChI=1S/C39H48F3N7O12/c40-39(41,42)21-5-9-23(10-6-21)57-24-11-15-47(16-12-24)22-7-3-20(4-8-22)19-45-26(50)2-1-14-49-28(35(44)55)32(60-37-34(61-49)29(52)25(18-43)58-37)33-30(53)31(54)36(59-33)48-17-13-27(51)46-38(48)56/h3-10,13,17,24-25,28-34,36-37,52-54H,1-2,11-12,14-16,18-19,43H2,(H2,44,55)(H,45,50)(H,46,51,56)/t25-,28-,29-,30+,31-,32+,33+,34-,36-,37+/m1/s1. The highest BCUT2D eigenvalue weighted by Gasteiger charge is 2.58. The molecule has 9 N–H and O–H groups in total. The number of rotatable bonds is 13. The summed E-state index contributed by atoms with van der Waals surface area (Å²) < 4.78 is 63.2. The first-order valence-electron chi connectivity index (χ1n) is 19.8. The number of anilines is 1. The van der Waals surface area contributed by atoms with Crippen LogP contribution < -0.4 is 37.7 Å². The number of alkyl halides is 3. The molecule has 61 heavy (non-hydrogen) atoms. The number of benzene rings is 2. The molecule has 2 amide bonds. The number of aromatic amines is 1. The van der Waals surface area contributed by atoms with Gasteiger partial charge in [0, 0.05) is 69.9 Å². The Labute approximate surface area is 345 Å². The first kappa shape index (κ1) is 44.2. The van der Waals surface area contributed by atoms with Gasteiger partial charge in [0.25, 0.3) is 5.56 Å². The minimum Gasteiger partial charge on any atom is -0.490 e. The Kier molecular flexibility index (Phi) is 13.5. The molecular formula is C39H48F3N7O12. The van der Waals surface area contributed by atoms with Crippen LogP contribution in [0, 0.1) is 0 Å². The maximum atomic E-state index is 13.1. The highest BCUT2D eigenvalue weighted by Crippen LogP contribution is 2.38. The van der Waals surface area contributed by atoms with E-state index in [-0.39, 0.29) is 44.5 Å². The van der Waals surface area contributed by atoms with E-state index < -0.39 is 90.2 Å². The van der Waals surface area contributed by atoms with Crippen LogP contribution in [0.1, 0.15) is 43.0 Å². The SMILES string of the molecule is NC[C@H]1O[C@H]2O[C@H]([C@H]3O[C@@H](n4ccc(=O)[nH]c4=O)[C@H](O)[C@@H]3O)[C@H](C(N)=O)N(CCCC(=O)NCc3ccc(N4CCC(Oc5ccc(C(F)(F)F)cc5)CC4)cc3)O[C@@H]2[C@@H]1O. The van der Waals surface area contributed by atoms with E-state index in [1.807, 2.05) is 29.2 Å². The van der Waals surface area contributed by atoms with E-state index in [0.717, 1.165) is 45.3 Å². The van der Waals surface area contributed by atoms with E-state index in [0.29, 0.717) is 31.7 Å². The Bertz CT molecular complexity index is 2100. The number of nitrogens with one attached hydrogen (secondary N) is 2. The van der Waals surface area contributed by atoms with Gasteiger partial charge in [0.15, 0.2) is 18.6 Å². The maximum Gasteiger partial charge on any atom is 0.416 e. The number of aromatic nitrogens is 2. The Balaban J connectivity index is 0.931. The van der Waals surface area contributed by atoms with Crippen LogP contribution in [-0.2, 0) is 41.4 Å². The van der Waals surface area contributed by atoms with E-state index in [4.69, 9.17) is 35.3 Å². The molecule has 4 aliphatic rings. The van der Waals surface area contributed by atoms with E-state index in [2.05, 4.69) is 10.2 Å². The smallest absolute Gasteiger partial charge is 0.416 e. The Hall–Kier alpha value is -4.91. The van der Waals surface area contributed by atoms with Crippen LogP contribution in [0.5, 0.6) is 5.75 Å². The zero-order chi connectivity index (χ0) is 43.6. The van der Waals surface area contributed by atoms with Gasteiger partial charge in [-0.3, -0.25) is 28.8 Å². The number of halogens is 3. The van der Waals surface area contributed by atoms with Gasteiger partial charge in [0.1, 0.15) is 54.5 Å². The molecule has 22 heteroatoms. The van der Waals surface area contributed by atoms with Gasteiger partial charge in [-0.05, 0) is 48.4 Å². The zero-order valence-electron chi connectivity index (χ0n) is 32.6. The van der Waals surface area contributed by atoms with Crippen LogP contribution >= 0.6 is 0 Å². The van der Waals surface area contributed by atoms with Gasteiger partial charge in [0.2, 0.25) is 11.8 Å². The minimum atomic E-state index is -4.41. The first-order chi connectivity index (χ1) is 29.1. The van der Waals surface area contributed by atoms with E-state index >= 15 is 0 Å². The lowest BCUT2D eigenvalue weighted by molar-refractivity contribution is -0.238.